The van der Waals surface area contributed by atoms with E-state index in [-0.39, 0.29) is 0 Å². The number of nitrogens with zero attached hydrogens (tertiary/aromatic N) is 2. The molecule has 0 aromatic carbocycles. The maximum absolute atomic E-state index is 3.91. The van der Waals surface area contributed by atoms with Gasteiger partial charge in [0.2, 0.25) is 0 Å². The van der Waals surface area contributed by atoms with Crippen LogP contribution in [0.4, 0.5) is 0 Å². The van der Waals surface area contributed by atoms with Gasteiger partial charge in [-0.15, -0.1) is 0 Å². The van der Waals surface area contributed by atoms with E-state index in [4.69, 9.17) is 0 Å². The molecule has 2 aliphatic rings. The monoisotopic (exact) mass is 258 g/mol. The molecule has 2 heterocycles. The van der Waals surface area contributed by atoms with Crippen molar-refractivity contribution >= 4 is 15.9 Å². The van der Waals surface area contributed by atoms with Gasteiger partial charge in [-0.05, 0) is 19.4 Å². The van der Waals surface area contributed by atoms with Crippen molar-refractivity contribution in [1.29, 1.82) is 0 Å². The molecule has 2 nitrogen and oxygen atoms in total. The lowest BCUT2D eigenvalue weighted by Gasteiger charge is -2.44. The summed E-state index contributed by atoms with van der Waals surface area (Å²) in [6.45, 7) is 9.97. The summed E-state index contributed by atoms with van der Waals surface area (Å²) in [6.07, 6.45) is 4.22. The second-order valence-electron chi connectivity index (χ2n) is 4.44. The van der Waals surface area contributed by atoms with Crippen LogP contribution in [0.25, 0.3) is 0 Å². The van der Waals surface area contributed by atoms with Crippen molar-refractivity contribution in [3.63, 3.8) is 0 Å². The van der Waals surface area contributed by atoms with Crippen LogP contribution in [0.15, 0.2) is 11.1 Å². The van der Waals surface area contributed by atoms with Crippen molar-refractivity contribution in [2.75, 3.05) is 32.7 Å². The van der Waals surface area contributed by atoms with Gasteiger partial charge in [0, 0.05) is 36.7 Å². The molecule has 14 heavy (non-hydrogen) atoms. The van der Waals surface area contributed by atoms with Gasteiger partial charge in [0.1, 0.15) is 0 Å². The van der Waals surface area contributed by atoms with Crippen LogP contribution in [-0.2, 0) is 0 Å². The van der Waals surface area contributed by atoms with E-state index in [0.717, 1.165) is 17.1 Å². The van der Waals surface area contributed by atoms with E-state index < -0.39 is 0 Å². The fraction of sp³-hybridized carbons (Fsp3) is 0.818. The highest BCUT2D eigenvalue weighted by Gasteiger charge is 2.28. The van der Waals surface area contributed by atoms with Crippen LogP contribution in [0.1, 0.15) is 19.3 Å². The summed E-state index contributed by atoms with van der Waals surface area (Å²) < 4.78 is 1.11. The van der Waals surface area contributed by atoms with Crippen molar-refractivity contribution in [3.05, 3.63) is 11.1 Å². The van der Waals surface area contributed by atoms with Gasteiger partial charge in [0.15, 0.2) is 0 Å². The molecule has 0 amide bonds. The maximum atomic E-state index is 3.91. The highest BCUT2D eigenvalue weighted by Crippen LogP contribution is 2.21. The third-order valence-electron chi connectivity index (χ3n) is 3.32. The predicted molar refractivity (Wildman–Crippen MR) is 63.7 cm³/mol. The average Bonchev–Trinajstić information content (AvgIpc) is 2.17. The fourth-order valence-corrected chi connectivity index (χ4v) is 2.96. The summed E-state index contributed by atoms with van der Waals surface area (Å²) in [7, 11) is 0. The summed E-state index contributed by atoms with van der Waals surface area (Å²) in [4.78, 5) is 5.18. The summed E-state index contributed by atoms with van der Waals surface area (Å²) in [5.74, 6) is 0. The Balaban J connectivity index is 1.86. The van der Waals surface area contributed by atoms with Crippen molar-refractivity contribution in [2.45, 2.75) is 25.3 Å². The summed E-state index contributed by atoms with van der Waals surface area (Å²) in [5, 5.41) is 0. The first kappa shape index (κ1) is 10.7. The number of hydrogen-bond donors (Lipinski definition) is 0. The molecule has 0 saturated carbocycles. The topological polar surface area (TPSA) is 6.48 Å². The highest BCUT2D eigenvalue weighted by atomic mass is 79.9. The molecule has 0 aromatic rings. The number of fused-ring (bicyclic) bond motifs is 1. The largest absolute Gasteiger partial charge is 0.298 e. The minimum atomic E-state index is 0.823. The first-order valence-electron chi connectivity index (χ1n) is 5.55. The zero-order valence-corrected chi connectivity index (χ0v) is 10.3. The second-order valence-corrected chi connectivity index (χ2v) is 5.56. The van der Waals surface area contributed by atoms with E-state index in [0.29, 0.717) is 0 Å². The van der Waals surface area contributed by atoms with Gasteiger partial charge in [0.05, 0.1) is 0 Å². The first-order chi connectivity index (χ1) is 6.75. The normalized spacial score (nSPS) is 29.9. The van der Waals surface area contributed by atoms with Crippen molar-refractivity contribution in [1.82, 2.24) is 9.80 Å². The van der Waals surface area contributed by atoms with E-state index in [1.165, 1.54) is 45.4 Å². The summed E-state index contributed by atoms with van der Waals surface area (Å²) in [5.41, 5.74) is 0. The molecule has 1 unspecified atom stereocenters. The lowest BCUT2D eigenvalue weighted by atomic mass is 9.99. The van der Waals surface area contributed by atoms with Crippen molar-refractivity contribution in [3.8, 4) is 0 Å². The number of hydrogen-bond acceptors (Lipinski definition) is 2. The van der Waals surface area contributed by atoms with Gasteiger partial charge in [-0.2, -0.15) is 0 Å². The maximum Gasteiger partial charge on any atom is 0.0295 e. The molecular weight excluding hydrogens is 240 g/mol. The fourth-order valence-electron chi connectivity index (χ4n) is 2.61. The molecule has 80 valence electrons. The standard InChI is InChI=1S/C11H19BrN2/c1-10(12)8-13-6-7-14-5-3-2-4-11(14)9-13/h11H,1-9H2. The molecule has 2 fully saturated rings. The highest BCUT2D eigenvalue weighted by molar-refractivity contribution is 9.11. The first-order valence-corrected chi connectivity index (χ1v) is 6.34. The number of piperazine rings is 1. The zero-order valence-electron chi connectivity index (χ0n) is 8.71. The smallest absolute Gasteiger partial charge is 0.0295 e. The molecule has 0 spiro atoms. The molecule has 0 N–H and O–H groups in total. The Kier molecular flexibility index (Phi) is 3.63. The Morgan fingerprint density at radius 3 is 2.93 bits per heavy atom. The molecular formula is C11H19BrN2. The van der Waals surface area contributed by atoms with Gasteiger partial charge in [-0.1, -0.05) is 28.9 Å². The van der Waals surface area contributed by atoms with Crippen LogP contribution >= 0.6 is 15.9 Å². The van der Waals surface area contributed by atoms with Crippen LogP contribution < -0.4 is 0 Å². The predicted octanol–water partition coefficient (Wildman–Crippen LogP) is 2.07. The number of piperidine rings is 1. The molecule has 3 heteroatoms. The van der Waals surface area contributed by atoms with E-state index in [1.807, 2.05) is 0 Å². The molecule has 1 atom stereocenters. The van der Waals surface area contributed by atoms with Gasteiger partial charge in [-0.25, -0.2) is 0 Å². The quantitative estimate of drug-likeness (QED) is 0.749. The Bertz CT molecular complexity index is 217. The van der Waals surface area contributed by atoms with Crippen LogP contribution in [0, 0.1) is 0 Å². The summed E-state index contributed by atoms with van der Waals surface area (Å²) >= 11 is 3.45. The Labute approximate surface area is 95.1 Å². The zero-order chi connectivity index (χ0) is 9.97. The lowest BCUT2D eigenvalue weighted by Crippen LogP contribution is -2.54. The number of halogens is 1. The van der Waals surface area contributed by atoms with Gasteiger partial charge >= 0.3 is 0 Å². The molecule has 2 aliphatic heterocycles. The minimum Gasteiger partial charge on any atom is -0.298 e. The molecule has 2 saturated heterocycles. The molecule has 0 bridgehead atoms. The van der Waals surface area contributed by atoms with E-state index >= 15 is 0 Å². The Hall–Kier alpha value is 0.140. The Morgan fingerprint density at radius 2 is 2.14 bits per heavy atom. The third kappa shape index (κ3) is 2.59. The van der Waals surface area contributed by atoms with E-state index in [1.54, 1.807) is 0 Å². The van der Waals surface area contributed by atoms with Gasteiger partial charge in [-0.3, -0.25) is 9.80 Å². The molecule has 2 rings (SSSR count). The van der Waals surface area contributed by atoms with E-state index in [9.17, 15) is 0 Å². The average molecular weight is 259 g/mol. The van der Waals surface area contributed by atoms with Crippen molar-refractivity contribution in [2.24, 2.45) is 0 Å². The Morgan fingerprint density at radius 1 is 1.29 bits per heavy atom. The molecule has 0 aromatic heterocycles. The van der Waals surface area contributed by atoms with Crippen LogP contribution in [0.5, 0.6) is 0 Å². The van der Waals surface area contributed by atoms with Crippen LogP contribution in [-0.4, -0.2) is 48.6 Å². The minimum absolute atomic E-state index is 0.823. The molecule has 0 radical (unpaired) electrons. The number of rotatable bonds is 2. The van der Waals surface area contributed by atoms with Gasteiger partial charge < -0.3 is 0 Å². The van der Waals surface area contributed by atoms with Crippen LogP contribution in [0.2, 0.25) is 0 Å². The third-order valence-corrected chi connectivity index (χ3v) is 3.57. The van der Waals surface area contributed by atoms with Gasteiger partial charge in [0.25, 0.3) is 0 Å². The lowest BCUT2D eigenvalue weighted by molar-refractivity contribution is 0.0550. The summed E-state index contributed by atoms with van der Waals surface area (Å²) in [6, 6.07) is 0.823. The second kappa shape index (κ2) is 4.77. The molecule has 0 aliphatic carbocycles. The van der Waals surface area contributed by atoms with E-state index in [2.05, 4.69) is 32.3 Å². The van der Waals surface area contributed by atoms with Crippen LogP contribution in [0.3, 0.4) is 0 Å². The van der Waals surface area contributed by atoms with Crippen molar-refractivity contribution < 1.29 is 0 Å². The SMILES string of the molecule is C=C(Br)CN1CCN2CCCCC2C1.